The first kappa shape index (κ1) is 11.2. The molecule has 18 heavy (non-hydrogen) atoms. The standard InChI is InChI=1S/C11H10FN5S/c12-10-7(5-15-16-10)8-6-18-11(13)17(8)9-3-1-2-4-14-9/h1-6,11H,13H2,(H,15,16). The third-order valence-corrected chi connectivity index (χ3v) is 3.45. The van der Waals surface area contributed by atoms with Crippen molar-refractivity contribution in [3.8, 4) is 0 Å². The Kier molecular flexibility index (Phi) is 2.77. The van der Waals surface area contributed by atoms with E-state index in [4.69, 9.17) is 5.73 Å². The van der Waals surface area contributed by atoms with Gasteiger partial charge in [-0.15, -0.1) is 0 Å². The predicted molar refractivity (Wildman–Crippen MR) is 68.8 cm³/mol. The van der Waals surface area contributed by atoms with E-state index in [2.05, 4.69) is 15.2 Å². The molecule has 0 radical (unpaired) electrons. The monoisotopic (exact) mass is 263 g/mol. The molecule has 0 spiro atoms. The third kappa shape index (κ3) is 1.77. The molecule has 1 aliphatic heterocycles. The molecule has 1 atom stereocenters. The maximum atomic E-state index is 13.6. The molecule has 0 aromatic carbocycles. The lowest BCUT2D eigenvalue weighted by Gasteiger charge is -2.24. The van der Waals surface area contributed by atoms with Crippen molar-refractivity contribution in [3.05, 3.63) is 47.5 Å². The van der Waals surface area contributed by atoms with Gasteiger partial charge >= 0.3 is 0 Å². The van der Waals surface area contributed by atoms with Gasteiger partial charge in [-0.2, -0.15) is 9.49 Å². The molecule has 92 valence electrons. The molecule has 0 aliphatic carbocycles. The minimum atomic E-state index is -0.475. The van der Waals surface area contributed by atoms with Gasteiger partial charge in [0.15, 0.2) is 0 Å². The zero-order valence-corrected chi connectivity index (χ0v) is 10.1. The predicted octanol–water partition coefficient (Wildman–Crippen LogP) is 1.74. The summed E-state index contributed by atoms with van der Waals surface area (Å²) in [7, 11) is 0. The van der Waals surface area contributed by atoms with Crippen molar-refractivity contribution >= 4 is 23.3 Å². The molecule has 2 aromatic rings. The summed E-state index contributed by atoms with van der Waals surface area (Å²) < 4.78 is 13.6. The Bertz CT molecular complexity index is 582. The van der Waals surface area contributed by atoms with Crippen molar-refractivity contribution < 1.29 is 4.39 Å². The maximum absolute atomic E-state index is 13.6. The number of H-pyrrole nitrogens is 1. The molecule has 0 amide bonds. The lowest BCUT2D eigenvalue weighted by molar-refractivity contribution is 0.575. The van der Waals surface area contributed by atoms with Crippen LogP contribution < -0.4 is 10.6 Å². The van der Waals surface area contributed by atoms with Gasteiger partial charge in [0.05, 0.1) is 17.5 Å². The lowest BCUT2D eigenvalue weighted by Crippen LogP contribution is -2.35. The van der Waals surface area contributed by atoms with Crippen LogP contribution in [0, 0.1) is 5.95 Å². The molecule has 2 aromatic heterocycles. The van der Waals surface area contributed by atoms with Crippen molar-refractivity contribution in [2.75, 3.05) is 4.90 Å². The van der Waals surface area contributed by atoms with Crippen molar-refractivity contribution in [2.45, 2.75) is 5.50 Å². The first-order chi connectivity index (χ1) is 8.77. The minimum Gasteiger partial charge on any atom is -0.302 e. The number of nitrogens with one attached hydrogen (secondary N) is 1. The molecule has 5 nitrogen and oxygen atoms in total. The first-order valence-corrected chi connectivity index (χ1v) is 6.22. The highest BCUT2D eigenvalue weighted by molar-refractivity contribution is 8.03. The Labute approximate surface area is 107 Å². The largest absolute Gasteiger partial charge is 0.302 e. The van der Waals surface area contributed by atoms with E-state index in [0.717, 1.165) is 0 Å². The van der Waals surface area contributed by atoms with Gasteiger partial charge in [-0.3, -0.25) is 10.00 Å². The fraction of sp³-hybridized carbons (Fsp3) is 0.0909. The second kappa shape index (κ2) is 4.43. The number of thioether (sulfide) groups is 1. The number of nitrogens with two attached hydrogens (primary N) is 1. The summed E-state index contributed by atoms with van der Waals surface area (Å²) in [5.74, 6) is 0.207. The number of hydrogen-bond donors (Lipinski definition) is 2. The number of pyridine rings is 1. The summed E-state index contributed by atoms with van der Waals surface area (Å²) in [6, 6.07) is 5.51. The van der Waals surface area contributed by atoms with E-state index in [1.807, 2.05) is 23.6 Å². The van der Waals surface area contributed by atoms with Gasteiger partial charge in [0.1, 0.15) is 11.3 Å². The Morgan fingerprint density at radius 1 is 1.44 bits per heavy atom. The molecule has 0 fully saturated rings. The van der Waals surface area contributed by atoms with E-state index in [1.54, 1.807) is 11.1 Å². The van der Waals surface area contributed by atoms with Gasteiger partial charge in [-0.25, -0.2) is 4.98 Å². The molecule has 0 saturated carbocycles. The van der Waals surface area contributed by atoms with Crippen LogP contribution in [0.15, 0.2) is 36.0 Å². The Hall–Kier alpha value is -1.86. The Morgan fingerprint density at radius 2 is 2.33 bits per heavy atom. The summed E-state index contributed by atoms with van der Waals surface area (Å²) in [4.78, 5) is 6.02. The number of anilines is 1. The molecule has 1 unspecified atom stereocenters. The molecule has 3 rings (SSSR count). The van der Waals surface area contributed by atoms with E-state index in [0.29, 0.717) is 17.1 Å². The number of rotatable bonds is 2. The van der Waals surface area contributed by atoms with E-state index >= 15 is 0 Å². The van der Waals surface area contributed by atoms with Crippen LogP contribution in [0.3, 0.4) is 0 Å². The topological polar surface area (TPSA) is 70.8 Å². The number of aromatic amines is 1. The minimum absolute atomic E-state index is 0.316. The van der Waals surface area contributed by atoms with E-state index in [-0.39, 0.29) is 5.50 Å². The van der Waals surface area contributed by atoms with Crippen molar-refractivity contribution in [3.63, 3.8) is 0 Å². The van der Waals surface area contributed by atoms with E-state index < -0.39 is 5.95 Å². The van der Waals surface area contributed by atoms with Crippen LogP contribution in [0.2, 0.25) is 0 Å². The third-order valence-electron chi connectivity index (χ3n) is 2.60. The number of hydrogen-bond acceptors (Lipinski definition) is 5. The van der Waals surface area contributed by atoms with Gasteiger partial charge in [0.25, 0.3) is 0 Å². The zero-order valence-electron chi connectivity index (χ0n) is 9.25. The van der Waals surface area contributed by atoms with Crippen LogP contribution in [0.5, 0.6) is 0 Å². The smallest absolute Gasteiger partial charge is 0.218 e. The Morgan fingerprint density at radius 3 is 3.00 bits per heavy atom. The molecule has 0 saturated heterocycles. The molecule has 1 aliphatic rings. The fourth-order valence-corrected chi connectivity index (χ4v) is 2.63. The van der Waals surface area contributed by atoms with Gasteiger partial charge in [0, 0.05) is 6.20 Å². The maximum Gasteiger partial charge on any atom is 0.218 e. The van der Waals surface area contributed by atoms with Crippen molar-refractivity contribution in [1.29, 1.82) is 0 Å². The molecular weight excluding hydrogens is 253 g/mol. The van der Waals surface area contributed by atoms with Crippen LogP contribution in [0.1, 0.15) is 5.56 Å². The van der Waals surface area contributed by atoms with Crippen LogP contribution >= 0.6 is 11.8 Å². The van der Waals surface area contributed by atoms with E-state index in [1.165, 1.54) is 18.0 Å². The normalized spacial score (nSPS) is 19.1. The van der Waals surface area contributed by atoms with Crippen LogP contribution in [-0.2, 0) is 0 Å². The summed E-state index contributed by atoms with van der Waals surface area (Å²) in [5, 5.41) is 7.77. The van der Waals surface area contributed by atoms with Crippen LogP contribution in [-0.4, -0.2) is 20.7 Å². The van der Waals surface area contributed by atoms with Gasteiger partial charge in [-0.05, 0) is 17.5 Å². The molecule has 3 heterocycles. The van der Waals surface area contributed by atoms with Gasteiger partial charge in [0.2, 0.25) is 5.95 Å². The molecule has 7 heteroatoms. The molecule has 3 N–H and O–H groups in total. The van der Waals surface area contributed by atoms with Crippen LogP contribution in [0.25, 0.3) is 5.70 Å². The van der Waals surface area contributed by atoms with Crippen LogP contribution in [0.4, 0.5) is 10.2 Å². The van der Waals surface area contributed by atoms with Crippen molar-refractivity contribution in [2.24, 2.45) is 5.73 Å². The van der Waals surface area contributed by atoms with Gasteiger partial charge in [-0.1, -0.05) is 17.8 Å². The van der Waals surface area contributed by atoms with E-state index in [9.17, 15) is 4.39 Å². The summed E-state index contributed by atoms with van der Waals surface area (Å²) in [5.41, 5.74) is 6.74. The molecular formula is C11H10FN5S. The SMILES string of the molecule is NC1SC=C(c2cn[nH]c2F)N1c1ccccn1. The summed E-state index contributed by atoms with van der Waals surface area (Å²) >= 11 is 1.41. The highest BCUT2D eigenvalue weighted by Gasteiger charge is 2.29. The number of aromatic nitrogens is 3. The second-order valence-corrected chi connectivity index (χ2v) is 4.68. The first-order valence-electron chi connectivity index (χ1n) is 5.28. The Balaban J connectivity index is 2.03. The fourth-order valence-electron chi connectivity index (χ4n) is 1.78. The highest BCUT2D eigenvalue weighted by atomic mass is 32.2. The van der Waals surface area contributed by atoms with Gasteiger partial charge < -0.3 is 5.73 Å². The number of nitrogens with zero attached hydrogens (tertiary/aromatic N) is 3. The summed E-state index contributed by atoms with van der Waals surface area (Å²) in [6.07, 6.45) is 3.12. The van der Waals surface area contributed by atoms with Crippen molar-refractivity contribution in [1.82, 2.24) is 15.2 Å². The summed E-state index contributed by atoms with van der Waals surface area (Å²) in [6.45, 7) is 0. The lowest BCUT2D eigenvalue weighted by atomic mass is 10.2. The zero-order chi connectivity index (χ0) is 12.5. The number of halogens is 1. The quantitative estimate of drug-likeness (QED) is 0.863. The average Bonchev–Trinajstić information content (AvgIpc) is 2.96. The average molecular weight is 263 g/mol. The molecule has 0 bridgehead atoms. The highest BCUT2D eigenvalue weighted by Crippen LogP contribution is 2.37. The second-order valence-electron chi connectivity index (χ2n) is 3.69.